The van der Waals surface area contributed by atoms with E-state index in [1.165, 1.54) is 5.56 Å². The van der Waals surface area contributed by atoms with E-state index in [0.717, 1.165) is 24.3 Å². The van der Waals surface area contributed by atoms with Crippen LogP contribution in [0.5, 0.6) is 0 Å². The van der Waals surface area contributed by atoms with Crippen LogP contribution in [0, 0.1) is 6.92 Å². The van der Waals surface area contributed by atoms with Gasteiger partial charge in [0.2, 0.25) is 5.89 Å². The monoisotopic (exact) mass is 216 g/mol. The second-order valence-corrected chi connectivity index (χ2v) is 3.85. The SMILES string of the molecule is CNCCc1cnc(-c2cccc(C)c2)o1. The molecule has 1 aromatic heterocycles. The normalized spacial score (nSPS) is 10.6. The largest absolute Gasteiger partial charge is 0.441 e. The van der Waals surface area contributed by atoms with Crippen molar-refractivity contribution in [3.63, 3.8) is 0 Å². The van der Waals surface area contributed by atoms with Crippen LogP contribution in [-0.2, 0) is 6.42 Å². The van der Waals surface area contributed by atoms with Crippen molar-refractivity contribution in [2.24, 2.45) is 0 Å². The molecule has 2 rings (SSSR count). The molecule has 0 unspecified atom stereocenters. The number of aryl methyl sites for hydroxylation is 1. The summed E-state index contributed by atoms with van der Waals surface area (Å²) in [6.45, 7) is 2.97. The molecule has 0 amide bonds. The smallest absolute Gasteiger partial charge is 0.226 e. The minimum absolute atomic E-state index is 0.704. The fourth-order valence-corrected chi connectivity index (χ4v) is 1.58. The quantitative estimate of drug-likeness (QED) is 0.853. The van der Waals surface area contributed by atoms with Gasteiger partial charge in [0.25, 0.3) is 0 Å². The maximum Gasteiger partial charge on any atom is 0.226 e. The number of nitrogens with one attached hydrogen (secondary N) is 1. The van der Waals surface area contributed by atoms with Crippen LogP contribution in [0.2, 0.25) is 0 Å². The van der Waals surface area contributed by atoms with E-state index in [2.05, 4.69) is 29.4 Å². The zero-order valence-corrected chi connectivity index (χ0v) is 9.66. The second kappa shape index (κ2) is 4.94. The Hall–Kier alpha value is -1.61. The third kappa shape index (κ3) is 2.49. The van der Waals surface area contributed by atoms with Crippen molar-refractivity contribution in [2.45, 2.75) is 13.3 Å². The van der Waals surface area contributed by atoms with Gasteiger partial charge in [-0.15, -0.1) is 0 Å². The summed E-state index contributed by atoms with van der Waals surface area (Å²) < 4.78 is 5.68. The lowest BCUT2D eigenvalue weighted by Crippen LogP contribution is -2.09. The average molecular weight is 216 g/mol. The van der Waals surface area contributed by atoms with Crippen LogP contribution >= 0.6 is 0 Å². The molecule has 0 aliphatic rings. The number of nitrogens with zero attached hydrogens (tertiary/aromatic N) is 1. The van der Waals surface area contributed by atoms with Crippen LogP contribution in [0.4, 0.5) is 0 Å². The first-order valence-electron chi connectivity index (χ1n) is 5.46. The van der Waals surface area contributed by atoms with Crippen molar-refractivity contribution in [2.75, 3.05) is 13.6 Å². The van der Waals surface area contributed by atoms with E-state index in [4.69, 9.17) is 4.42 Å². The number of oxazole rings is 1. The van der Waals surface area contributed by atoms with Crippen molar-refractivity contribution in [1.29, 1.82) is 0 Å². The molecule has 0 bridgehead atoms. The molecule has 0 radical (unpaired) electrons. The Morgan fingerprint density at radius 1 is 1.38 bits per heavy atom. The van der Waals surface area contributed by atoms with Gasteiger partial charge >= 0.3 is 0 Å². The molecule has 1 aromatic carbocycles. The maximum atomic E-state index is 5.68. The van der Waals surface area contributed by atoms with Gasteiger partial charge in [-0.3, -0.25) is 0 Å². The summed E-state index contributed by atoms with van der Waals surface area (Å²) >= 11 is 0. The zero-order chi connectivity index (χ0) is 11.4. The average Bonchev–Trinajstić information content (AvgIpc) is 2.75. The minimum Gasteiger partial charge on any atom is -0.441 e. The molecular formula is C13H16N2O. The molecule has 0 aliphatic carbocycles. The summed E-state index contributed by atoms with van der Waals surface area (Å²) in [5.41, 5.74) is 2.25. The molecule has 0 saturated carbocycles. The molecule has 3 heteroatoms. The lowest BCUT2D eigenvalue weighted by atomic mass is 10.1. The highest BCUT2D eigenvalue weighted by atomic mass is 16.4. The summed E-state index contributed by atoms with van der Waals surface area (Å²) in [5, 5.41) is 3.09. The van der Waals surface area contributed by atoms with E-state index in [1.54, 1.807) is 6.20 Å². The van der Waals surface area contributed by atoms with Gasteiger partial charge in [0.15, 0.2) is 0 Å². The fraction of sp³-hybridized carbons (Fsp3) is 0.308. The number of hydrogen-bond acceptors (Lipinski definition) is 3. The van der Waals surface area contributed by atoms with E-state index in [0.29, 0.717) is 5.89 Å². The first-order valence-corrected chi connectivity index (χ1v) is 5.46. The van der Waals surface area contributed by atoms with Gasteiger partial charge in [-0.05, 0) is 26.1 Å². The van der Waals surface area contributed by atoms with Crippen LogP contribution in [0.3, 0.4) is 0 Å². The van der Waals surface area contributed by atoms with Crippen molar-refractivity contribution in [1.82, 2.24) is 10.3 Å². The van der Waals surface area contributed by atoms with E-state index in [1.807, 2.05) is 19.2 Å². The Morgan fingerprint density at radius 3 is 3.00 bits per heavy atom. The first kappa shape index (κ1) is 10.9. The summed E-state index contributed by atoms with van der Waals surface area (Å²) in [4.78, 5) is 4.29. The van der Waals surface area contributed by atoms with Crippen LogP contribution < -0.4 is 5.32 Å². The van der Waals surface area contributed by atoms with Crippen LogP contribution in [0.15, 0.2) is 34.9 Å². The summed E-state index contributed by atoms with van der Waals surface area (Å²) in [6, 6.07) is 8.17. The van der Waals surface area contributed by atoms with Gasteiger partial charge in [-0.25, -0.2) is 4.98 Å². The van der Waals surface area contributed by atoms with Crippen LogP contribution in [-0.4, -0.2) is 18.6 Å². The molecule has 0 fully saturated rings. The predicted octanol–water partition coefficient (Wildman–Crippen LogP) is 2.41. The van der Waals surface area contributed by atoms with Gasteiger partial charge in [0.05, 0.1) is 6.20 Å². The van der Waals surface area contributed by atoms with Gasteiger partial charge in [0, 0.05) is 18.5 Å². The van der Waals surface area contributed by atoms with Gasteiger partial charge in [-0.2, -0.15) is 0 Å². The van der Waals surface area contributed by atoms with E-state index in [-0.39, 0.29) is 0 Å². The molecule has 16 heavy (non-hydrogen) atoms. The molecule has 1 heterocycles. The van der Waals surface area contributed by atoms with Crippen molar-refractivity contribution in [3.8, 4) is 11.5 Å². The van der Waals surface area contributed by atoms with Crippen LogP contribution in [0.25, 0.3) is 11.5 Å². The van der Waals surface area contributed by atoms with Gasteiger partial charge in [-0.1, -0.05) is 17.7 Å². The summed E-state index contributed by atoms with van der Waals surface area (Å²) in [6.07, 6.45) is 2.67. The molecule has 0 atom stereocenters. The predicted molar refractivity (Wildman–Crippen MR) is 64.3 cm³/mol. The Balaban J connectivity index is 2.18. The molecule has 0 spiro atoms. The minimum atomic E-state index is 0.704. The number of likely N-dealkylation sites (N-methyl/N-ethyl adjacent to an activating group) is 1. The highest BCUT2D eigenvalue weighted by Crippen LogP contribution is 2.20. The summed E-state index contributed by atoms with van der Waals surface area (Å²) in [5.74, 6) is 1.63. The van der Waals surface area contributed by atoms with Gasteiger partial charge in [0.1, 0.15) is 5.76 Å². The maximum absolute atomic E-state index is 5.68. The molecular weight excluding hydrogens is 200 g/mol. The molecule has 0 saturated heterocycles. The van der Waals surface area contributed by atoms with E-state index in [9.17, 15) is 0 Å². The van der Waals surface area contributed by atoms with Gasteiger partial charge < -0.3 is 9.73 Å². The molecule has 3 nitrogen and oxygen atoms in total. The van der Waals surface area contributed by atoms with E-state index < -0.39 is 0 Å². The topological polar surface area (TPSA) is 38.1 Å². The van der Waals surface area contributed by atoms with E-state index >= 15 is 0 Å². The zero-order valence-electron chi connectivity index (χ0n) is 9.66. The highest BCUT2D eigenvalue weighted by molar-refractivity contribution is 5.54. The van der Waals surface area contributed by atoms with Crippen molar-refractivity contribution in [3.05, 3.63) is 41.8 Å². The fourth-order valence-electron chi connectivity index (χ4n) is 1.58. The standard InChI is InChI=1S/C13H16N2O/c1-10-4-3-5-11(8-10)13-15-9-12(16-13)6-7-14-2/h3-5,8-9,14H,6-7H2,1-2H3. The number of benzene rings is 1. The molecule has 2 aromatic rings. The lowest BCUT2D eigenvalue weighted by Gasteiger charge is -1.97. The second-order valence-electron chi connectivity index (χ2n) is 3.85. The van der Waals surface area contributed by atoms with Crippen LogP contribution in [0.1, 0.15) is 11.3 Å². The molecule has 0 aliphatic heterocycles. The Morgan fingerprint density at radius 2 is 2.25 bits per heavy atom. The third-order valence-corrected chi connectivity index (χ3v) is 2.44. The van der Waals surface area contributed by atoms with Crippen molar-refractivity contribution < 1.29 is 4.42 Å². The number of aromatic nitrogens is 1. The first-order chi connectivity index (χ1) is 7.79. The van der Waals surface area contributed by atoms with Crippen molar-refractivity contribution >= 4 is 0 Å². The lowest BCUT2D eigenvalue weighted by molar-refractivity contribution is 0.512. The Labute approximate surface area is 95.5 Å². The Kier molecular flexibility index (Phi) is 3.37. The number of hydrogen-bond donors (Lipinski definition) is 1. The molecule has 1 N–H and O–H groups in total. The Bertz CT molecular complexity index is 462. The third-order valence-electron chi connectivity index (χ3n) is 2.44. The summed E-state index contributed by atoms with van der Waals surface area (Å²) in [7, 11) is 1.93. The highest BCUT2D eigenvalue weighted by Gasteiger charge is 2.05. The number of rotatable bonds is 4. The molecule has 84 valence electrons.